The molecule has 7 heteroatoms. The Bertz CT molecular complexity index is 532. The first-order valence-corrected chi connectivity index (χ1v) is 8.10. The quantitative estimate of drug-likeness (QED) is 0.836. The Labute approximate surface area is 114 Å². The SMILES string of the molecule is O=S(=O)(CCNC1CC1)Nc1ccc(F)c(Br)c1. The molecular formula is C11H14BrFN2O2S. The third-order valence-electron chi connectivity index (χ3n) is 2.57. The highest BCUT2D eigenvalue weighted by molar-refractivity contribution is 9.10. The molecule has 100 valence electrons. The summed E-state index contributed by atoms with van der Waals surface area (Å²) in [6.45, 7) is 0.433. The Hall–Kier alpha value is -0.660. The highest BCUT2D eigenvalue weighted by Crippen LogP contribution is 2.21. The molecule has 0 saturated heterocycles. The van der Waals surface area contributed by atoms with Gasteiger partial charge in [0.2, 0.25) is 10.0 Å². The minimum absolute atomic E-state index is 0.0124. The van der Waals surface area contributed by atoms with E-state index in [4.69, 9.17) is 0 Å². The van der Waals surface area contributed by atoms with Crippen molar-refractivity contribution in [2.75, 3.05) is 17.0 Å². The first kappa shape index (κ1) is 13.8. The van der Waals surface area contributed by atoms with Gasteiger partial charge in [-0.2, -0.15) is 0 Å². The maximum absolute atomic E-state index is 13.0. The summed E-state index contributed by atoms with van der Waals surface area (Å²) in [5, 5.41) is 3.13. The third-order valence-corrected chi connectivity index (χ3v) is 4.47. The van der Waals surface area contributed by atoms with Gasteiger partial charge in [0.05, 0.1) is 10.2 Å². The molecule has 0 heterocycles. The van der Waals surface area contributed by atoms with Crippen LogP contribution >= 0.6 is 15.9 Å². The molecule has 1 aliphatic rings. The van der Waals surface area contributed by atoms with Gasteiger partial charge in [0.1, 0.15) is 5.82 Å². The van der Waals surface area contributed by atoms with E-state index in [1.54, 1.807) is 0 Å². The van der Waals surface area contributed by atoms with Crippen LogP contribution in [-0.4, -0.2) is 26.8 Å². The molecular weight excluding hydrogens is 323 g/mol. The van der Waals surface area contributed by atoms with Crippen LogP contribution in [-0.2, 0) is 10.0 Å². The molecule has 2 rings (SSSR count). The molecule has 0 aromatic heterocycles. The molecule has 0 radical (unpaired) electrons. The number of sulfonamides is 1. The van der Waals surface area contributed by atoms with Crippen molar-refractivity contribution >= 4 is 31.6 Å². The maximum Gasteiger partial charge on any atom is 0.233 e. The van der Waals surface area contributed by atoms with E-state index in [0.29, 0.717) is 18.3 Å². The fourth-order valence-electron chi connectivity index (χ4n) is 1.48. The Morgan fingerprint density at radius 1 is 1.39 bits per heavy atom. The molecule has 1 fully saturated rings. The number of anilines is 1. The van der Waals surface area contributed by atoms with Crippen LogP contribution in [0.2, 0.25) is 0 Å². The Morgan fingerprint density at radius 2 is 2.11 bits per heavy atom. The van der Waals surface area contributed by atoms with Crippen molar-refractivity contribution in [3.05, 3.63) is 28.5 Å². The maximum atomic E-state index is 13.0. The average molecular weight is 337 g/mol. The molecule has 1 aromatic rings. The van der Waals surface area contributed by atoms with Gasteiger partial charge in [0, 0.05) is 18.3 Å². The highest BCUT2D eigenvalue weighted by atomic mass is 79.9. The van der Waals surface area contributed by atoms with Crippen LogP contribution in [0.25, 0.3) is 0 Å². The van der Waals surface area contributed by atoms with Crippen LogP contribution in [0.1, 0.15) is 12.8 Å². The zero-order chi connectivity index (χ0) is 13.2. The second-order valence-corrected chi connectivity index (χ2v) is 6.97. The van der Waals surface area contributed by atoms with Crippen LogP contribution in [0, 0.1) is 5.82 Å². The van der Waals surface area contributed by atoms with E-state index in [1.807, 2.05) is 0 Å². The number of hydrogen-bond donors (Lipinski definition) is 2. The fourth-order valence-corrected chi connectivity index (χ4v) is 2.83. The molecule has 18 heavy (non-hydrogen) atoms. The number of hydrogen-bond acceptors (Lipinski definition) is 3. The van der Waals surface area contributed by atoms with Crippen LogP contribution in [0.15, 0.2) is 22.7 Å². The minimum Gasteiger partial charge on any atom is -0.313 e. The van der Waals surface area contributed by atoms with Gasteiger partial charge in [-0.25, -0.2) is 12.8 Å². The number of benzene rings is 1. The number of rotatable bonds is 6. The molecule has 4 nitrogen and oxygen atoms in total. The molecule has 0 atom stereocenters. The van der Waals surface area contributed by atoms with E-state index in [2.05, 4.69) is 26.0 Å². The lowest BCUT2D eigenvalue weighted by Gasteiger charge is -2.09. The predicted octanol–water partition coefficient (Wildman–Crippen LogP) is 2.08. The third kappa shape index (κ3) is 4.22. The molecule has 0 aliphatic heterocycles. The van der Waals surface area contributed by atoms with E-state index in [1.165, 1.54) is 18.2 Å². The van der Waals surface area contributed by atoms with Crippen molar-refractivity contribution in [1.29, 1.82) is 0 Å². The molecule has 1 saturated carbocycles. The summed E-state index contributed by atoms with van der Waals surface area (Å²) in [5.74, 6) is -0.410. The van der Waals surface area contributed by atoms with Crippen molar-refractivity contribution in [3.8, 4) is 0 Å². The van der Waals surface area contributed by atoms with E-state index in [0.717, 1.165) is 12.8 Å². The smallest absolute Gasteiger partial charge is 0.233 e. The lowest BCUT2D eigenvalue weighted by molar-refractivity contribution is 0.595. The van der Waals surface area contributed by atoms with Gasteiger partial charge in [-0.1, -0.05) is 0 Å². The van der Waals surface area contributed by atoms with Crippen molar-refractivity contribution in [3.63, 3.8) is 0 Å². The summed E-state index contributed by atoms with van der Waals surface area (Å²) < 4.78 is 39.1. The van der Waals surface area contributed by atoms with Crippen LogP contribution in [0.4, 0.5) is 10.1 Å². The van der Waals surface area contributed by atoms with Gasteiger partial charge in [-0.05, 0) is 47.0 Å². The molecule has 0 spiro atoms. The summed E-state index contributed by atoms with van der Waals surface area (Å²) in [4.78, 5) is 0. The topological polar surface area (TPSA) is 58.2 Å². The largest absolute Gasteiger partial charge is 0.313 e. The molecule has 0 bridgehead atoms. The Morgan fingerprint density at radius 3 is 2.72 bits per heavy atom. The van der Waals surface area contributed by atoms with Crippen molar-refractivity contribution < 1.29 is 12.8 Å². The van der Waals surface area contributed by atoms with Gasteiger partial charge in [0.15, 0.2) is 0 Å². The monoisotopic (exact) mass is 336 g/mol. The van der Waals surface area contributed by atoms with Gasteiger partial charge in [0.25, 0.3) is 0 Å². The van der Waals surface area contributed by atoms with Crippen molar-refractivity contribution in [1.82, 2.24) is 5.32 Å². The second kappa shape index (κ2) is 5.54. The van der Waals surface area contributed by atoms with Crippen LogP contribution in [0.5, 0.6) is 0 Å². The minimum atomic E-state index is -3.39. The lowest BCUT2D eigenvalue weighted by Crippen LogP contribution is -2.28. The Kier molecular flexibility index (Phi) is 4.24. The summed E-state index contributed by atoms with van der Waals surface area (Å²) in [6, 6.07) is 4.50. The number of nitrogens with one attached hydrogen (secondary N) is 2. The molecule has 1 aromatic carbocycles. The summed E-state index contributed by atoms with van der Waals surface area (Å²) in [6.07, 6.45) is 2.25. The molecule has 1 aliphatic carbocycles. The number of halogens is 2. The van der Waals surface area contributed by atoms with E-state index >= 15 is 0 Å². The molecule has 2 N–H and O–H groups in total. The predicted molar refractivity (Wildman–Crippen MR) is 72.5 cm³/mol. The van der Waals surface area contributed by atoms with Gasteiger partial charge >= 0.3 is 0 Å². The first-order valence-electron chi connectivity index (χ1n) is 5.65. The van der Waals surface area contributed by atoms with Crippen molar-refractivity contribution in [2.24, 2.45) is 0 Å². The van der Waals surface area contributed by atoms with E-state index in [-0.39, 0.29) is 10.2 Å². The van der Waals surface area contributed by atoms with Gasteiger partial charge < -0.3 is 5.32 Å². The van der Waals surface area contributed by atoms with Gasteiger partial charge in [-0.3, -0.25) is 4.72 Å². The average Bonchev–Trinajstić information content (AvgIpc) is 3.07. The van der Waals surface area contributed by atoms with E-state index < -0.39 is 15.8 Å². The van der Waals surface area contributed by atoms with Crippen LogP contribution < -0.4 is 10.0 Å². The highest BCUT2D eigenvalue weighted by Gasteiger charge is 2.21. The first-order chi connectivity index (χ1) is 8.46. The Balaban J connectivity index is 1.91. The summed E-state index contributed by atoms with van der Waals surface area (Å²) in [7, 11) is -3.39. The zero-order valence-electron chi connectivity index (χ0n) is 9.62. The summed E-state index contributed by atoms with van der Waals surface area (Å²) >= 11 is 3.01. The zero-order valence-corrected chi connectivity index (χ0v) is 12.0. The lowest BCUT2D eigenvalue weighted by atomic mass is 10.3. The summed E-state index contributed by atoms with van der Waals surface area (Å²) in [5.41, 5.74) is 0.356. The second-order valence-electron chi connectivity index (χ2n) is 4.28. The van der Waals surface area contributed by atoms with Crippen molar-refractivity contribution in [2.45, 2.75) is 18.9 Å². The fraction of sp³-hybridized carbons (Fsp3) is 0.455. The molecule has 0 unspecified atom stereocenters. The van der Waals surface area contributed by atoms with Crippen LogP contribution in [0.3, 0.4) is 0 Å². The van der Waals surface area contributed by atoms with Gasteiger partial charge in [-0.15, -0.1) is 0 Å². The normalized spacial score (nSPS) is 15.7. The molecule has 0 amide bonds. The van der Waals surface area contributed by atoms with E-state index in [9.17, 15) is 12.8 Å². The standard InChI is InChI=1S/C11H14BrFN2O2S/c12-10-7-9(3-4-11(10)13)15-18(16,17)6-5-14-8-1-2-8/h3-4,7-8,14-15H,1-2,5-6H2.